The normalized spacial score (nSPS) is 12.7. The van der Waals surface area contributed by atoms with Crippen molar-refractivity contribution in [1.82, 2.24) is 4.90 Å². The van der Waals surface area contributed by atoms with E-state index in [1.807, 2.05) is 51.2 Å². The maximum absolute atomic E-state index is 12.7. The maximum atomic E-state index is 12.7. The first kappa shape index (κ1) is 18.1. The van der Waals surface area contributed by atoms with E-state index in [4.69, 9.17) is 4.43 Å². The van der Waals surface area contributed by atoms with E-state index in [1.165, 1.54) is 0 Å². The van der Waals surface area contributed by atoms with E-state index < -0.39 is 13.9 Å². The molecule has 0 radical (unpaired) electrons. The topological polar surface area (TPSA) is 29.5 Å². The van der Waals surface area contributed by atoms with Gasteiger partial charge in [-0.15, -0.1) is 0 Å². The van der Waals surface area contributed by atoms with Gasteiger partial charge in [0.2, 0.25) is 0 Å². The van der Waals surface area contributed by atoms with Gasteiger partial charge in [0.1, 0.15) is 0 Å². The van der Waals surface area contributed by atoms with Crippen molar-refractivity contribution < 1.29 is 9.22 Å². The summed E-state index contributed by atoms with van der Waals surface area (Å²) in [6.45, 7) is 9.37. The van der Waals surface area contributed by atoms with Crippen molar-refractivity contribution in [1.29, 1.82) is 0 Å². The minimum Gasteiger partial charge on any atom is -0.420 e. The Morgan fingerprint density at radius 3 is 2.33 bits per heavy atom. The Balaban J connectivity index is 2.63. The average molecular weight is 308 g/mol. The average Bonchev–Trinajstić information content (AvgIpc) is 2.47. The van der Waals surface area contributed by atoms with Gasteiger partial charge in [-0.3, -0.25) is 9.69 Å². The van der Waals surface area contributed by atoms with Gasteiger partial charge < -0.3 is 4.43 Å². The van der Waals surface area contributed by atoms with E-state index in [1.54, 1.807) is 7.11 Å². The molecule has 0 saturated carbocycles. The van der Waals surface area contributed by atoms with Gasteiger partial charge in [-0.05, 0) is 53.0 Å². The highest BCUT2D eigenvalue weighted by Crippen LogP contribution is 2.21. The Kier molecular flexibility index (Phi) is 6.32. The van der Waals surface area contributed by atoms with Gasteiger partial charge in [0.25, 0.3) is 0 Å². The highest BCUT2D eigenvalue weighted by Gasteiger charge is 2.33. The molecule has 0 atom stereocenters. The van der Waals surface area contributed by atoms with Gasteiger partial charge in [-0.25, -0.2) is 0 Å². The van der Waals surface area contributed by atoms with Crippen molar-refractivity contribution in [3.05, 3.63) is 35.9 Å². The first-order valence-corrected chi connectivity index (χ1v) is 10.7. The van der Waals surface area contributed by atoms with Crippen LogP contribution in [0.1, 0.15) is 30.6 Å². The Bertz CT molecular complexity index is 457. The lowest BCUT2D eigenvalue weighted by Gasteiger charge is -2.35. The molecule has 0 heterocycles. The fourth-order valence-electron chi connectivity index (χ4n) is 2.24. The molecular formula is C17H29NO2Si. The molecule has 21 heavy (non-hydrogen) atoms. The van der Waals surface area contributed by atoms with Crippen LogP contribution in [0.2, 0.25) is 19.1 Å². The van der Waals surface area contributed by atoms with Gasteiger partial charge in [0.15, 0.2) is 14.1 Å². The van der Waals surface area contributed by atoms with Crippen LogP contribution in [0.4, 0.5) is 0 Å². The Morgan fingerprint density at radius 1 is 1.24 bits per heavy atom. The van der Waals surface area contributed by atoms with Crippen molar-refractivity contribution in [2.24, 2.45) is 0 Å². The van der Waals surface area contributed by atoms with Gasteiger partial charge in [0.05, 0.1) is 5.54 Å². The highest BCUT2D eigenvalue weighted by molar-refractivity contribution is 6.71. The number of benzene rings is 1. The second-order valence-electron chi connectivity index (χ2n) is 6.74. The summed E-state index contributed by atoms with van der Waals surface area (Å²) in [5.41, 5.74) is 0.293. The first-order chi connectivity index (χ1) is 9.70. The summed E-state index contributed by atoms with van der Waals surface area (Å²) in [6, 6.07) is 10.7. The number of nitrogens with zero attached hydrogens (tertiary/aromatic N) is 1. The van der Waals surface area contributed by atoms with Crippen LogP contribution >= 0.6 is 0 Å². The van der Waals surface area contributed by atoms with E-state index in [9.17, 15) is 4.79 Å². The molecule has 4 heteroatoms. The van der Waals surface area contributed by atoms with E-state index in [-0.39, 0.29) is 5.78 Å². The third kappa shape index (κ3) is 5.06. The van der Waals surface area contributed by atoms with Crippen molar-refractivity contribution in [2.45, 2.75) is 44.9 Å². The molecule has 1 aromatic rings. The van der Waals surface area contributed by atoms with Crippen LogP contribution in [0.3, 0.4) is 0 Å². The zero-order valence-corrected chi connectivity index (χ0v) is 15.3. The zero-order chi connectivity index (χ0) is 16.1. The second kappa shape index (κ2) is 7.34. The van der Waals surface area contributed by atoms with Crippen LogP contribution in [0.25, 0.3) is 0 Å². The molecular weight excluding hydrogens is 278 g/mol. The van der Waals surface area contributed by atoms with Gasteiger partial charge in [0, 0.05) is 12.7 Å². The third-order valence-electron chi connectivity index (χ3n) is 4.37. The third-order valence-corrected chi connectivity index (χ3v) is 7.03. The number of rotatable bonds is 8. The summed E-state index contributed by atoms with van der Waals surface area (Å²) in [7, 11) is 2.33. The summed E-state index contributed by atoms with van der Waals surface area (Å²) in [4.78, 5) is 14.8. The molecule has 0 N–H and O–H groups in total. The summed E-state index contributed by atoms with van der Waals surface area (Å²) < 4.78 is 5.58. The van der Waals surface area contributed by atoms with E-state index >= 15 is 0 Å². The van der Waals surface area contributed by atoms with Gasteiger partial charge in [-0.1, -0.05) is 30.3 Å². The predicted molar refractivity (Wildman–Crippen MR) is 91.4 cm³/mol. The highest BCUT2D eigenvalue weighted by atomic mass is 28.4. The van der Waals surface area contributed by atoms with Gasteiger partial charge in [-0.2, -0.15) is 0 Å². The largest absolute Gasteiger partial charge is 0.420 e. The molecule has 1 rings (SSSR count). The smallest absolute Gasteiger partial charge is 0.186 e. The van der Waals surface area contributed by atoms with Crippen molar-refractivity contribution in [2.75, 3.05) is 20.7 Å². The standard InChI is InChI=1S/C17H29NO2Si/c1-17(2,16(19)15-11-8-7-9-12-15)18(3)13-10-14-21(5,6)20-4/h7-9,11-12H,10,13-14H2,1-6H3. The fraction of sp³-hybridized carbons (Fsp3) is 0.588. The van der Waals surface area contributed by atoms with E-state index in [0.29, 0.717) is 0 Å². The lowest BCUT2D eigenvalue weighted by molar-refractivity contribution is 0.0707. The Hall–Kier alpha value is -0.973. The number of hydrogen-bond donors (Lipinski definition) is 0. The number of likely N-dealkylation sites (N-methyl/N-ethyl adjacent to an activating group) is 1. The maximum Gasteiger partial charge on any atom is 0.186 e. The van der Waals surface area contributed by atoms with Crippen LogP contribution < -0.4 is 0 Å². The van der Waals surface area contributed by atoms with Crippen LogP contribution in [-0.4, -0.2) is 45.2 Å². The van der Waals surface area contributed by atoms with E-state index in [0.717, 1.165) is 24.6 Å². The lowest BCUT2D eigenvalue weighted by Crippen LogP contribution is -2.48. The molecule has 0 aliphatic rings. The number of hydrogen-bond acceptors (Lipinski definition) is 3. The molecule has 118 valence electrons. The number of ketones is 1. The number of carbonyl (C=O) groups is 1. The molecule has 1 aromatic carbocycles. The second-order valence-corrected chi connectivity index (χ2v) is 11.2. The van der Waals surface area contributed by atoms with Crippen LogP contribution in [0.15, 0.2) is 30.3 Å². The molecule has 0 aliphatic heterocycles. The molecule has 0 fully saturated rings. The molecule has 0 aliphatic carbocycles. The van der Waals surface area contributed by atoms with Gasteiger partial charge >= 0.3 is 0 Å². The van der Waals surface area contributed by atoms with Crippen molar-refractivity contribution in [3.63, 3.8) is 0 Å². The Morgan fingerprint density at radius 2 is 1.81 bits per heavy atom. The summed E-state index contributed by atoms with van der Waals surface area (Å²) >= 11 is 0. The monoisotopic (exact) mass is 307 g/mol. The minimum absolute atomic E-state index is 0.175. The lowest BCUT2D eigenvalue weighted by atomic mass is 9.91. The van der Waals surface area contributed by atoms with E-state index in [2.05, 4.69) is 18.0 Å². The molecule has 0 spiro atoms. The van der Waals surface area contributed by atoms with Crippen LogP contribution in [-0.2, 0) is 4.43 Å². The summed E-state index contributed by atoms with van der Waals surface area (Å²) in [5.74, 6) is 0.175. The fourth-order valence-corrected chi connectivity index (χ4v) is 3.45. The van der Waals surface area contributed by atoms with Crippen LogP contribution in [0, 0.1) is 0 Å². The summed E-state index contributed by atoms with van der Waals surface area (Å²) in [6.07, 6.45) is 1.06. The van der Waals surface area contributed by atoms with Crippen molar-refractivity contribution in [3.8, 4) is 0 Å². The zero-order valence-electron chi connectivity index (χ0n) is 14.3. The number of carbonyl (C=O) groups excluding carboxylic acids is 1. The molecule has 3 nitrogen and oxygen atoms in total. The molecule has 0 bridgehead atoms. The molecule has 0 amide bonds. The Labute approximate surface area is 130 Å². The first-order valence-electron chi connectivity index (χ1n) is 7.57. The SMILES string of the molecule is CO[Si](C)(C)CCCN(C)C(C)(C)C(=O)c1ccccc1. The molecule has 0 unspecified atom stereocenters. The molecule has 0 saturated heterocycles. The predicted octanol–water partition coefficient (Wildman–Crippen LogP) is 3.82. The number of Topliss-reactive ketones (excluding diaryl/α,β-unsaturated/α-hetero) is 1. The molecule has 0 aromatic heterocycles. The quantitative estimate of drug-likeness (QED) is 0.540. The summed E-state index contributed by atoms with van der Waals surface area (Å²) in [5, 5.41) is 0. The minimum atomic E-state index is -1.51. The van der Waals surface area contributed by atoms with Crippen molar-refractivity contribution >= 4 is 14.1 Å². The van der Waals surface area contributed by atoms with Crippen LogP contribution in [0.5, 0.6) is 0 Å².